The summed E-state index contributed by atoms with van der Waals surface area (Å²) in [5.41, 5.74) is 1.63. The third-order valence-electron chi connectivity index (χ3n) is 3.33. The number of benzene rings is 2. The second-order valence-electron chi connectivity index (χ2n) is 5.01. The first-order valence-corrected chi connectivity index (χ1v) is 8.80. The number of rotatable bonds is 5. The van der Waals surface area contributed by atoms with Crippen molar-refractivity contribution in [3.05, 3.63) is 60.2 Å². The molecule has 0 spiro atoms. The molecule has 0 radical (unpaired) electrons. The molecular weight excluding hydrogens is 324 g/mol. The van der Waals surface area contributed by atoms with Crippen LogP contribution in [0.3, 0.4) is 0 Å². The Hall–Kier alpha value is -2.47. The van der Waals surface area contributed by atoms with Crippen molar-refractivity contribution in [1.82, 2.24) is 4.90 Å². The second-order valence-corrected chi connectivity index (χ2v) is 5.79. The normalized spacial score (nSPS) is 10.1. The van der Waals surface area contributed by atoms with E-state index in [4.69, 9.17) is 4.74 Å². The first-order chi connectivity index (χ1) is 11.6. The summed E-state index contributed by atoms with van der Waals surface area (Å²) < 4.78 is 5.42. The summed E-state index contributed by atoms with van der Waals surface area (Å²) in [5.74, 6) is 0.394. The van der Waals surface area contributed by atoms with E-state index in [-0.39, 0.29) is 5.24 Å². The SMILES string of the molecule is CCN(Cc1ccccc1)C(=O)Oc1cccc(NC(=O)SC)c1. The van der Waals surface area contributed by atoms with Gasteiger partial charge in [-0.2, -0.15) is 0 Å². The molecule has 0 heterocycles. The van der Waals surface area contributed by atoms with Gasteiger partial charge in [0.25, 0.3) is 5.24 Å². The second kappa shape index (κ2) is 8.98. The van der Waals surface area contributed by atoms with E-state index in [0.29, 0.717) is 24.5 Å². The minimum absolute atomic E-state index is 0.169. The summed E-state index contributed by atoms with van der Waals surface area (Å²) in [6.07, 6.45) is 1.27. The highest BCUT2D eigenvalue weighted by molar-refractivity contribution is 8.13. The fourth-order valence-corrected chi connectivity index (χ4v) is 2.30. The predicted octanol–water partition coefficient (Wildman–Crippen LogP) is 4.60. The molecule has 0 unspecified atom stereocenters. The molecule has 1 N–H and O–H groups in total. The molecule has 0 saturated carbocycles. The maximum absolute atomic E-state index is 12.3. The number of nitrogens with zero attached hydrogens (tertiary/aromatic N) is 1. The summed E-state index contributed by atoms with van der Waals surface area (Å²) >= 11 is 1.08. The zero-order valence-corrected chi connectivity index (χ0v) is 14.5. The molecule has 0 aliphatic rings. The number of nitrogens with one attached hydrogen (secondary N) is 1. The van der Waals surface area contributed by atoms with Gasteiger partial charge in [-0.1, -0.05) is 48.2 Å². The molecule has 0 aliphatic heterocycles. The Morgan fingerprint density at radius 1 is 1.12 bits per heavy atom. The summed E-state index contributed by atoms with van der Waals surface area (Å²) in [7, 11) is 0. The average molecular weight is 344 g/mol. The van der Waals surface area contributed by atoms with E-state index in [1.807, 2.05) is 37.3 Å². The molecule has 2 aromatic rings. The maximum atomic E-state index is 12.3. The highest BCUT2D eigenvalue weighted by atomic mass is 32.2. The summed E-state index contributed by atoms with van der Waals surface area (Å²) in [5, 5.41) is 2.54. The Balaban J connectivity index is 2.02. The molecule has 126 valence electrons. The molecule has 24 heavy (non-hydrogen) atoms. The molecule has 0 aliphatic carbocycles. The minimum atomic E-state index is -0.422. The Labute approximate surface area is 146 Å². The molecular formula is C18H20N2O3S. The van der Waals surface area contributed by atoms with Crippen molar-refractivity contribution in [1.29, 1.82) is 0 Å². The van der Waals surface area contributed by atoms with Gasteiger partial charge in [-0.15, -0.1) is 0 Å². The number of thioether (sulfide) groups is 1. The van der Waals surface area contributed by atoms with Crippen molar-refractivity contribution in [2.75, 3.05) is 18.1 Å². The van der Waals surface area contributed by atoms with Crippen LogP contribution in [0.15, 0.2) is 54.6 Å². The molecule has 0 bridgehead atoms. The molecule has 0 aromatic heterocycles. The number of carbonyl (C=O) groups excluding carboxylic acids is 2. The van der Waals surface area contributed by atoms with Gasteiger partial charge in [-0.25, -0.2) is 4.79 Å². The largest absolute Gasteiger partial charge is 0.415 e. The van der Waals surface area contributed by atoms with Crippen molar-refractivity contribution in [2.45, 2.75) is 13.5 Å². The monoisotopic (exact) mass is 344 g/mol. The van der Waals surface area contributed by atoms with Gasteiger partial charge in [-0.05, 0) is 30.9 Å². The molecule has 6 heteroatoms. The van der Waals surface area contributed by atoms with Gasteiger partial charge in [0.1, 0.15) is 5.75 Å². The molecule has 0 saturated heterocycles. The lowest BCUT2D eigenvalue weighted by Crippen LogP contribution is -2.32. The Kier molecular flexibility index (Phi) is 6.69. The van der Waals surface area contributed by atoms with Crippen molar-refractivity contribution in [2.24, 2.45) is 0 Å². The van der Waals surface area contributed by atoms with Crippen LogP contribution < -0.4 is 10.1 Å². The fraction of sp³-hybridized carbons (Fsp3) is 0.222. The van der Waals surface area contributed by atoms with E-state index in [2.05, 4.69) is 5.32 Å². The average Bonchev–Trinajstić information content (AvgIpc) is 2.60. The number of anilines is 1. The number of hydrogen-bond donors (Lipinski definition) is 1. The van der Waals surface area contributed by atoms with Crippen LogP contribution in [0, 0.1) is 0 Å². The molecule has 2 aromatic carbocycles. The van der Waals surface area contributed by atoms with Gasteiger partial charge in [-0.3, -0.25) is 4.79 Å². The molecule has 0 atom stereocenters. The first-order valence-electron chi connectivity index (χ1n) is 7.58. The van der Waals surface area contributed by atoms with Gasteiger partial charge in [0.15, 0.2) is 0 Å². The standard InChI is InChI=1S/C18H20N2O3S/c1-3-20(13-14-8-5-4-6-9-14)18(22)23-16-11-7-10-15(12-16)19-17(21)24-2/h4-12H,3,13H2,1-2H3,(H,19,21). The number of amides is 2. The lowest BCUT2D eigenvalue weighted by Gasteiger charge is -2.20. The smallest absolute Gasteiger partial charge is 0.410 e. The number of carbonyl (C=O) groups is 2. The molecule has 0 fully saturated rings. The topological polar surface area (TPSA) is 58.6 Å². The Morgan fingerprint density at radius 3 is 2.54 bits per heavy atom. The van der Waals surface area contributed by atoms with Gasteiger partial charge in [0.2, 0.25) is 0 Å². The van der Waals surface area contributed by atoms with Crippen LogP contribution in [0.5, 0.6) is 5.75 Å². The van der Waals surface area contributed by atoms with Gasteiger partial charge >= 0.3 is 6.09 Å². The van der Waals surface area contributed by atoms with E-state index in [9.17, 15) is 9.59 Å². The van der Waals surface area contributed by atoms with Gasteiger partial charge in [0.05, 0.1) is 0 Å². The van der Waals surface area contributed by atoms with Crippen molar-refractivity contribution < 1.29 is 14.3 Å². The fourth-order valence-electron chi connectivity index (χ4n) is 2.08. The van der Waals surface area contributed by atoms with E-state index in [1.54, 1.807) is 35.4 Å². The number of ether oxygens (including phenoxy) is 1. The van der Waals surface area contributed by atoms with Crippen LogP contribution >= 0.6 is 11.8 Å². The van der Waals surface area contributed by atoms with Crippen LogP contribution in [0.1, 0.15) is 12.5 Å². The van der Waals surface area contributed by atoms with Gasteiger partial charge < -0.3 is 15.0 Å². The lowest BCUT2D eigenvalue weighted by atomic mass is 10.2. The third-order valence-corrected chi connectivity index (χ3v) is 3.80. The highest BCUT2D eigenvalue weighted by Gasteiger charge is 2.15. The lowest BCUT2D eigenvalue weighted by molar-refractivity contribution is 0.152. The van der Waals surface area contributed by atoms with Crippen LogP contribution in [-0.2, 0) is 6.54 Å². The zero-order chi connectivity index (χ0) is 17.4. The first kappa shape index (κ1) is 17.9. The van der Waals surface area contributed by atoms with E-state index < -0.39 is 6.09 Å². The highest BCUT2D eigenvalue weighted by Crippen LogP contribution is 2.19. The van der Waals surface area contributed by atoms with E-state index in [0.717, 1.165) is 17.3 Å². The van der Waals surface area contributed by atoms with Crippen molar-refractivity contribution >= 4 is 28.8 Å². The zero-order valence-electron chi connectivity index (χ0n) is 13.7. The Bertz CT molecular complexity index is 692. The van der Waals surface area contributed by atoms with Crippen LogP contribution in [0.25, 0.3) is 0 Å². The third kappa shape index (κ3) is 5.31. The van der Waals surface area contributed by atoms with Crippen molar-refractivity contribution in [3.63, 3.8) is 0 Å². The van der Waals surface area contributed by atoms with E-state index >= 15 is 0 Å². The predicted molar refractivity (Wildman–Crippen MR) is 97.5 cm³/mol. The summed E-state index contributed by atoms with van der Waals surface area (Å²) in [6.45, 7) is 2.93. The van der Waals surface area contributed by atoms with Crippen LogP contribution in [-0.4, -0.2) is 29.0 Å². The summed E-state index contributed by atoms with van der Waals surface area (Å²) in [6, 6.07) is 16.5. The van der Waals surface area contributed by atoms with Crippen molar-refractivity contribution in [3.8, 4) is 5.75 Å². The van der Waals surface area contributed by atoms with Crippen LogP contribution in [0.4, 0.5) is 15.3 Å². The summed E-state index contributed by atoms with van der Waals surface area (Å²) in [4.78, 5) is 25.4. The Morgan fingerprint density at radius 2 is 1.88 bits per heavy atom. The van der Waals surface area contributed by atoms with E-state index in [1.165, 1.54) is 0 Å². The quantitative estimate of drug-likeness (QED) is 0.861. The molecule has 2 rings (SSSR count). The molecule has 2 amide bonds. The van der Waals surface area contributed by atoms with Gasteiger partial charge in [0, 0.05) is 24.8 Å². The van der Waals surface area contributed by atoms with Crippen LogP contribution in [0.2, 0.25) is 0 Å². The maximum Gasteiger partial charge on any atom is 0.415 e. The molecule has 5 nitrogen and oxygen atoms in total. The minimum Gasteiger partial charge on any atom is -0.410 e. The number of hydrogen-bond acceptors (Lipinski definition) is 4.